The fourth-order valence-corrected chi connectivity index (χ4v) is 0.939. The molecule has 0 fully saturated rings. The third-order valence-electron chi connectivity index (χ3n) is 1.28. The number of hydrogen-bond donors (Lipinski definition) is 1. The van der Waals surface area contributed by atoms with Crippen molar-refractivity contribution in [2.75, 3.05) is 12.5 Å². The first-order valence-electron chi connectivity index (χ1n) is 3.59. The van der Waals surface area contributed by atoms with Crippen LogP contribution in [0.4, 0.5) is 0 Å². The summed E-state index contributed by atoms with van der Waals surface area (Å²) in [7, 11) is 0. The fraction of sp³-hybridized carbons (Fsp3) is 0.857. The van der Waals surface area contributed by atoms with Gasteiger partial charge in [-0.15, -0.1) is 23.2 Å². The van der Waals surface area contributed by atoms with Gasteiger partial charge in [0, 0.05) is 19.2 Å². The lowest BCUT2D eigenvalue weighted by Crippen LogP contribution is -2.24. The number of aliphatic hydroxyl groups is 1. The van der Waals surface area contributed by atoms with Crippen LogP contribution in [0.25, 0.3) is 0 Å². The molecule has 0 aliphatic carbocycles. The number of hydrogen-bond acceptors (Lipinski definition) is 3. The van der Waals surface area contributed by atoms with Crippen LogP contribution in [0, 0.1) is 0 Å². The molecule has 3 nitrogen and oxygen atoms in total. The maximum Gasteiger partial charge on any atom is 0.302 e. The van der Waals surface area contributed by atoms with Gasteiger partial charge < -0.3 is 9.84 Å². The van der Waals surface area contributed by atoms with E-state index in [0.29, 0.717) is 6.42 Å². The minimum absolute atomic E-state index is 0.177. The van der Waals surface area contributed by atoms with E-state index in [9.17, 15) is 9.90 Å². The van der Waals surface area contributed by atoms with Gasteiger partial charge in [-0.05, 0) is 0 Å². The summed E-state index contributed by atoms with van der Waals surface area (Å²) in [6, 6.07) is 0. The van der Waals surface area contributed by atoms with Crippen LogP contribution in [0.2, 0.25) is 0 Å². The number of carbonyl (C=O) groups is 1. The Morgan fingerprint density at radius 3 is 2.67 bits per heavy atom. The molecule has 2 unspecified atom stereocenters. The van der Waals surface area contributed by atoms with Gasteiger partial charge in [0.25, 0.3) is 0 Å². The number of rotatable bonds is 5. The average molecular weight is 215 g/mol. The van der Waals surface area contributed by atoms with Gasteiger partial charge in [0.05, 0.1) is 18.1 Å². The summed E-state index contributed by atoms with van der Waals surface area (Å²) in [5.74, 6) is -0.179. The van der Waals surface area contributed by atoms with Crippen molar-refractivity contribution in [2.24, 2.45) is 0 Å². The highest BCUT2D eigenvalue weighted by Crippen LogP contribution is 2.08. The summed E-state index contributed by atoms with van der Waals surface area (Å²) in [6.07, 6.45) is -0.399. The first kappa shape index (κ1) is 12.0. The van der Waals surface area contributed by atoms with Crippen molar-refractivity contribution in [1.82, 2.24) is 0 Å². The smallest absolute Gasteiger partial charge is 0.302 e. The maximum atomic E-state index is 10.3. The molecule has 0 amide bonds. The molecule has 12 heavy (non-hydrogen) atoms. The molecule has 0 radical (unpaired) electrons. The van der Waals surface area contributed by atoms with E-state index in [1.165, 1.54) is 6.92 Å². The van der Waals surface area contributed by atoms with E-state index in [4.69, 9.17) is 23.2 Å². The summed E-state index contributed by atoms with van der Waals surface area (Å²) in [5.41, 5.74) is 0. The van der Waals surface area contributed by atoms with Gasteiger partial charge >= 0.3 is 5.97 Å². The molecule has 5 heteroatoms. The number of aliphatic hydroxyl groups excluding tert-OH is 1. The molecule has 0 aliphatic heterocycles. The van der Waals surface area contributed by atoms with E-state index < -0.39 is 11.5 Å². The van der Waals surface area contributed by atoms with Crippen molar-refractivity contribution < 1.29 is 14.6 Å². The zero-order valence-electron chi connectivity index (χ0n) is 6.80. The van der Waals surface area contributed by atoms with Crippen LogP contribution in [0.15, 0.2) is 0 Å². The average Bonchev–Trinajstić information content (AvgIpc) is 2.02. The molecule has 0 aliphatic rings. The molecule has 0 heterocycles. The van der Waals surface area contributed by atoms with E-state index in [1.807, 2.05) is 0 Å². The Bertz CT molecular complexity index is 141. The molecule has 0 saturated carbocycles. The quantitative estimate of drug-likeness (QED) is 0.552. The van der Waals surface area contributed by atoms with E-state index >= 15 is 0 Å². The molecular weight excluding hydrogens is 203 g/mol. The topological polar surface area (TPSA) is 46.5 Å². The van der Waals surface area contributed by atoms with Gasteiger partial charge in [-0.1, -0.05) is 0 Å². The lowest BCUT2D eigenvalue weighted by atomic mass is 10.2. The normalized spacial score (nSPS) is 15.3. The van der Waals surface area contributed by atoms with Crippen LogP contribution >= 0.6 is 23.2 Å². The Balaban J connectivity index is 3.43. The second-order valence-corrected chi connectivity index (χ2v) is 3.24. The standard InChI is InChI=1S/C7H12Cl2O3/c1-5(10)12-3-2-7(11)6(9)4-8/h6-7,11H,2-4H2,1H3. The van der Waals surface area contributed by atoms with E-state index in [0.717, 1.165) is 0 Å². The van der Waals surface area contributed by atoms with Crippen LogP contribution in [0.3, 0.4) is 0 Å². The van der Waals surface area contributed by atoms with Crippen molar-refractivity contribution in [3.05, 3.63) is 0 Å². The number of halogens is 2. The van der Waals surface area contributed by atoms with Crippen LogP contribution in [-0.4, -0.2) is 35.0 Å². The Labute approximate surface area is 81.6 Å². The molecule has 0 aromatic carbocycles. The van der Waals surface area contributed by atoms with Gasteiger partial charge in [-0.25, -0.2) is 0 Å². The summed E-state index contributed by atoms with van der Waals surface area (Å²) in [5, 5.41) is 8.74. The molecule has 1 N–H and O–H groups in total. The minimum Gasteiger partial charge on any atom is -0.466 e. The molecular formula is C7H12Cl2O3. The number of carbonyl (C=O) groups excluding carboxylic acids is 1. The Morgan fingerprint density at radius 2 is 2.25 bits per heavy atom. The van der Waals surface area contributed by atoms with Crippen LogP contribution in [0.1, 0.15) is 13.3 Å². The third kappa shape index (κ3) is 5.63. The zero-order chi connectivity index (χ0) is 9.56. The van der Waals surface area contributed by atoms with Crippen molar-refractivity contribution in [3.63, 3.8) is 0 Å². The Hall–Kier alpha value is 0.01000. The van der Waals surface area contributed by atoms with Gasteiger partial charge in [0.1, 0.15) is 0 Å². The lowest BCUT2D eigenvalue weighted by molar-refractivity contribution is -0.141. The SMILES string of the molecule is CC(=O)OCCC(O)C(Cl)CCl. The predicted molar refractivity (Wildman–Crippen MR) is 47.6 cm³/mol. The highest BCUT2D eigenvalue weighted by atomic mass is 35.5. The largest absolute Gasteiger partial charge is 0.466 e. The minimum atomic E-state index is -0.719. The predicted octanol–water partition coefficient (Wildman–Crippen LogP) is 1.15. The molecule has 0 aromatic heterocycles. The van der Waals surface area contributed by atoms with Crippen LogP contribution in [-0.2, 0) is 9.53 Å². The molecule has 72 valence electrons. The zero-order valence-corrected chi connectivity index (χ0v) is 8.31. The second-order valence-electron chi connectivity index (χ2n) is 2.37. The molecule has 0 aromatic rings. The van der Waals surface area contributed by atoms with E-state index in [-0.39, 0.29) is 18.5 Å². The van der Waals surface area contributed by atoms with Crippen molar-refractivity contribution >= 4 is 29.2 Å². The maximum absolute atomic E-state index is 10.3. The van der Waals surface area contributed by atoms with Crippen molar-refractivity contribution in [1.29, 1.82) is 0 Å². The summed E-state index contributed by atoms with van der Waals surface area (Å²) >= 11 is 11.0. The van der Waals surface area contributed by atoms with Crippen molar-refractivity contribution in [3.8, 4) is 0 Å². The molecule has 2 atom stereocenters. The van der Waals surface area contributed by atoms with Crippen LogP contribution in [0.5, 0.6) is 0 Å². The van der Waals surface area contributed by atoms with Crippen molar-refractivity contribution in [2.45, 2.75) is 24.8 Å². The second kappa shape index (κ2) is 6.52. The third-order valence-corrected chi connectivity index (χ3v) is 2.22. The Morgan fingerprint density at radius 1 is 1.67 bits per heavy atom. The van der Waals surface area contributed by atoms with Gasteiger partial charge in [-0.3, -0.25) is 4.79 Å². The summed E-state index contributed by atoms with van der Waals surface area (Å²) < 4.78 is 4.61. The molecule has 0 rings (SSSR count). The first-order chi connectivity index (χ1) is 5.57. The van der Waals surface area contributed by atoms with Gasteiger partial charge in [0.2, 0.25) is 0 Å². The number of esters is 1. The van der Waals surface area contributed by atoms with Gasteiger partial charge in [0.15, 0.2) is 0 Å². The summed E-state index contributed by atoms with van der Waals surface area (Å²) in [6.45, 7) is 1.49. The first-order valence-corrected chi connectivity index (χ1v) is 4.56. The van der Waals surface area contributed by atoms with Gasteiger partial charge in [-0.2, -0.15) is 0 Å². The Kier molecular flexibility index (Phi) is 6.52. The lowest BCUT2D eigenvalue weighted by Gasteiger charge is -2.13. The highest BCUT2D eigenvalue weighted by Gasteiger charge is 2.15. The number of alkyl halides is 2. The monoisotopic (exact) mass is 214 g/mol. The highest BCUT2D eigenvalue weighted by molar-refractivity contribution is 6.28. The molecule has 0 saturated heterocycles. The van der Waals surface area contributed by atoms with E-state index in [1.54, 1.807) is 0 Å². The summed E-state index contributed by atoms with van der Waals surface area (Å²) in [4.78, 5) is 10.3. The number of ether oxygens (including phenoxy) is 1. The fourth-order valence-electron chi connectivity index (χ4n) is 0.607. The van der Waals surface area contributed by atoms with E-state index in [2.05, 4.69) is 4.74 Å². The molecule has 0 bridgehead atoms. The van der Waals surface area contributed by atoms with Crippen LogP contribution < -0.4 is 0 Å². The molecule has 0 spiro atoms.